The van der Waals surface area contributed by atoms with Gasteiger partial charge in [-0.15, -0.1) is 0 Å². The lowest BCUT2D eigenvalue weighted by Crippen LogP contribution is -2.40. The number of hydrogen-bond donors (Lipinski definition) is 1. The Labute approximate surface area is 97.9 Å². The lowest BCUT2D eigenvalue weighted by atomic mass is 9.87. The summed E-state index contributed by atoms with van der Waals surface area (Å²) in [7, 11) is 2.04. The minimum atomic E-state index is 0.204. The molecular formula is C12H22N4. The molecule has 0 saturated heterocycles. The highest BCUT2D eigenvalue weighted by Gasteiger charge is 2.24. The first-order chi connectivity index (χ1) is 7.36. The number of nitrogens with zero attached hydrogens (tertiary/aromatic N) is 3. The Morgan fingerprint density at radius 2 is 2.00 bits per heavy atom. The van der Waals surface area contributed by atoms with Crippen molar-refractivity contribution < 1.29 is 0 Å². The van der Waals surface area contributed by atoms with Gasteiger partial charge in [-0.2, -0.15) is 0 Å². The highest BCUT2D eigenvalue weighted by molar-refractivity contribution is 5.37. The van der Waals surface area contributed by atoms with Gasteiger partial charge in [0.15, 0.2) is 0 Å². The zero-order valence-electron chi connectivity index (χ0n) is 10.9. The number of aromatic nitrogens is 2. The predicted molar refractivity (Wildman–Crippen MR) is 67.2 cm³/mol. The van der Waals surface area contributed by atoms with Crippen LogP contribution in [-0.4, -0.2) is 23.1 Å². The Kier molecular flexibility index (Phi) is 3.86. The molecule has 0 radical (unpaired) electrons. The molecule has 0 bridgehead atoms. The normalized spacial score (nSPS) is 13.6. The van der Waals surface area contributed by atoms with Crippen LogP contribution in [0, 0.1) is 5.41 Å². The monoisotopic (exact) mass is 222 g/mol. The quantitative estimate of drug-likeness (QED) is 0.847. The summed E-state index contributed by atoms with van der Waals surface area (Å²) in [5.41, 5.74) is 6.59. The van der Waals surface area contributed by atoms with Crippen LogP contribution in [0.3, 0.4) is 0 Å². The van der Waals surface area contributed by atoms with Crippen LogP contribution in [-0.2, 0) is 6.54 Å². The average Bonchev–Trinajstić information content (AvgIpc) is 2.26. The van der Waals surface area contributed by atoms with Gasteiger partial charge < -0.3 is 10.6 Å². The van der Waals surface area contributed by atoms with Gasteiger partial charge in [0.1, 0.15) is 5.82 Å². The zero-order chi connectivity index (χ0) is 12.3. The molecule has 4 nitrogen and oxygen atoms in total. The highest BCUT2D eigenvalue weighted by atomic mass is 15.2. The number of rotatable bonds is 3. The van der Waals surface area contributed by atoms with Gasteiger partial charge in [0.2, 0.25) is 0 Å². The van der Waals surface area contributed by atoms with Crippen LogP contribution >= 0.6 is 0 Å². The van der Waals surface area contributed by atoms with Crippen LogP contribution < -0.4 is 10.6 Å². The van der Waals surface area contributed by atoms with Crippen LogP contribution in [0.25, 0.3) is 0 Å². The van der Waals surface area contributed by atoms with Crippen molar-refractivity contribution >= 4 is 5.82 Å². The van der Waals surface area contributed by atoms with E-state index in [1.54, 1.807) is 12.4 Å². The fourth-order valence-corrected chi connectivity index (χ4v) is 1.44. The van der Waals surface area contributed by atoms with Gasteiger partial charge in [-0.05, 0) is 12.3 Å². The van der Waals surface area contributed by atoms with E-state index in [2.05, 4.69) is 42.6 Å². The number of anilines is 1. The minimum Gasteiger partial charge on any atom is -0.355 e. The minimum absolute atomic E-state index is 0.204. The van der Waals surface area contributed by atoms with Crippen molar-refractivity contribution in [1.29, 1.82) is 0 Å². The van der Waals surface area contributed by atoms with Crippen LogP contribution in [0.2, 0.25) is 0 Å². The summed E-state index contributed by atoms with van der Waals surface area (Å²) in [6.45, 7) is 9.27. The molecule has 0 fully saturated rings. The topological polar surface area (TPSA) is 55.0 Å². The van der Waals surface area contributed by atoms with E-state index in [0.29, 0.717) is 12.6 Å². The Morgan fingerprint density at radius 1 is 1.38 bits per heavy atom. The van der Waals surface area contributed by atoms with E-state index in [-0.39, 0.29) is 5.41 Å². The van der Waals surface area contributed by atoms with Gasteiger partial charge in [0, 0.05) is 25.8 Å². The summed E-state index contributed by atoms with van der Waals surface area (Å²) < 4.78 is 0. The molecule has 0 spiro atoms. The Balaban J connectivity index is 2.91. The van der Waals surface area contributed by atoms with E-state index in [4.69, 9.17) is 5.73 Å². The molecule has 1 unspecified atom stereocenters. The molecule has 1 rings (SSSR count). The number of hydrogen-bond acceptors (Lipinski definition) is 4. The molecule has 90 valence electrons. The first kappa shape index (κ1) is 12.9. The van der Waals surface area contributed by atoms with E-state index in [9.17, 15) is 0 Å². The van der Waals surface area contributed by atoms with E-state index in [1.807, 2.05) is 7.05 Å². The molecule has 4 heteroatoms. The fraction of sp³-hybridized carbons (Fsp3) is 0.667. The lowest BCUT2D eigenvalue weighted by molar-refractivity contribution is 0.328. The molecule has 0 saturated carbocycles. The molecule has 2 N–H and O–H groups in total. The largest absolute Gasteiger partial charge is 0.355 e. The molecule has 1 aromatic heterocycles. The predicted octanol–water partition coefficient (Wildman–Crippen LogP) is 1.81. The van der Waals surface area contributed by atoms with E-state index < -0.39 is 0 Å². The maximum Gasteiger partial charge on any atom is 0.147 e. The summed E-state index contributed by atoms with van der Waals surface area (Å²) in [5, 5.41) is 0. The third kappa shape index (κ3) is 2.92. The van der Waals surface area contributed by atoms with E-state index in [1.165, 1.54) is 0 Å². The zero-order valence-corrected chi connectivity index (χ0v) is 10.9. The molecule has 0 aliphatic rings. The second kappa shape index (κ2) is 4.78. The summed E-state index contributed by atoms with van der Waals surface area (Å²) >= 11 is 0. The second-order valence-corrected chi connectivity index (χ2v) is 5.23. The van der Waals surface area contributed by atoms with Crippen molar-refractivity contribution in [3.8, 4) is 0 Å². The molecule has 0 aromatic carbocycles. The fourth-order valence-electron chi connectivity index (χ4n) is 1.44. The smallest absolute Gasteiger partial charge is 0.147 e. The molecule has 1 heterocycles. The third-order valence-corrected chi connectivity index (χ3v) is 3.08. The van der Waals surface area contributed by atoms with Crippen molar-refractivity contribution in [3.63, 3.8) is 0 Å². The van der Waals surface area contributed by atoms with Crippen molar-refractivity contribution in [1.82, 2.24) is 9.97 Å². The van der Waals surface area contributed by atoms with Gasteiger partial charge in [-0.3, -0.25) is 4.98 Å². The molecule has 16 heavy (non-hydrogen) atoms. The van der Waals surface area contributed by atoms with Gasteiger partial charge in [0.25, 0.3) is 0 Å². The summed E-state index contributed by atoms with van der Waals surface area (Å²) in [4.78, 5) is 10.8. The Hall–Kier alpha value is -1.16. The summed E-state index contributed by atoms with van der Waals surface area (Å²) in [5.74, 6) is 0.880. The van der Waals surface area contributed by atoms with Crippen LogP contribution in [0.1, 0.15) is 33.4 Å². The number of nitrogens with two attached hydrogens (primary N) is 1. The van der Waals surface area contributed by atoms with E-state index in [0.717, 1.165) is 11.5 Å². The standard InChI is InChI=1S/C12H22N4/c1-9(12(2,3)4)16(5)11-8-14-7-10(6-13)15-11/h7-9H,6,13H2,1-5H3. The van der Waals surface area contributed by atoms with Crippen LogP contribution in [0.5, 0.6) is 0 Å². The Morgan fingerprint density at radius 3 is 2.50 bits per heavy atom. The van der Waals surface area contributed by atoms with Crippen molar-refractivity contribution in [3.05, 3.63) is 18.1 Å². The molecule has 0 amide bonds. The molecule has 0 aliphatic carbocycles. The maximum atomic E-state index is 5.56. The third-order valence-electron chi connectivity index (χ3n) is 3.08. The lowest BCUT2D eigenvalue weighted by Gasteiger charge is -2.36. The highest BCUT2D eigenvalue weighted by Crippen LogP contribution is 2.25. The van der Waals surface area contributed by atoms with E-state index >= 15 is 0 Å². The van der Waals surface area contributed by atoms with Gasteiger partial charge in [-0.25, -0.2) is 4.98 Å². The maximum absolute atomic E-state index is 5.56. The molecule has 1 aromatic rings. The van der Waals surface area contributed by atoms with Gasteiger partial charge in [-0.1, -0.05) is 20.8 Å². The van der Waals surface area contributed by atoms with Gasteiger partial charge >= 0.3 is 0 Å². The van der Waals surface area contributed by atoms with Crippen LogP contribution in [0.4, 0.5) is 5.82 Å². The first-order valence-electron chi connectivity index (χ1n) is 5.60. The SMILES string of the molecule is CC(N(C)c1cncc(CN)n1)C(C)(C)C. The molecular weight excluding hydrogens is 200 g/mol. The van der Waals surface area contributed by atoms with Crippen LogP contribution in [0.15, 0.2) is 12.4 Å². The molecule has 0 aliphatic heterocycles. The first-order valence-corrected chi connectivity index (χ1v) is 5.60. The summed E-state index contributed by atoms with van der Waals surface area (Å²) in [6, 6.07) is 0.384. The summed E-state index contributed by atoms with van der Waals surface area (Å²) in [6.07, 6.45) is 3.49. The van der Waals surface area contributed by atoms with Crippen molar-refractivity contribution in [2.24, 2.45) is 11.1 Å². The average molecular weight is 222 g/mol. The molecule has 1 atom stereocenters. The van der Waals surface area contributed by atoms with Crippen molar-refractivity contribution in [2.75, 3.05) is 11.9 Å². The Bertz CT molecular complexity index is 343. The second-order valence-electron chi connectivity index (χ2n) is 5.23. The van der Waals surface area contributed by atoms with Gasteiger partial charge in [0.05, 0.1) is 11.9 Å². The van der Waals surface area contributed by atoms with Crippen molar-refractivity contribution in [2.45, 2.75) is 40.3 Å².